The summed E-state index contributed by atoms with van der Waals surface area (Å²) in [5, 5.41) is 7.71. The molecule has 1 saturated carbocycles. The molecule has 4 nitrogen and oxygen atoms in total. The van der Waals surface area contributed by atoms with Crippen molar-refractivity contribution in [3.8, 4) is 0 Å². The van der Waals surface area contributed by atoms with Crippen LogP contribution in [0.15, 0.2) is 4.52 Å². The molecule has 1 N–H and O–H groups in total. The zero-order valence-electron chi connectivity index (χ0n) is 12.5. The van der Waals surface area contributed by atoms with E-state index in [1.807, 2.05) is 0 Å². The van der Waals surface area contributed by atoms with Crippen LogP contribution >= 0.6 is 0 Å². The summed E-state index contributed by atoms with van der Waals surface area (Å²) in [6, 6.07) is 0.689. The van der Waals surface area contributed by atoms with Crippen LogP contribution in [0.2, 0.25) is 0 Å². The zero-order valence-corrected chi connectivity index (χ0v) is 12.5. The second kappa shape index (κ2) is 7.04. The first-order valence-electron chi connectivity index (χ1n) is 7.75. The number of hydrogen-bond donors (Lipinski definition) is 1. The number of nitrogens with zero attached hydrogens (tertiary/aromatic N) is 2. The van der Waals surface area contributed by atoms with E-state index in [-0.39, 0.29) is 0 Å². The van der Waals surface area contributed by atoms with Crippen molar-refractivity contribution >= 4 is 0 Å². The Balaban J connectivity index is 1.82. The average Bonchev–Trinajstić information content (AvgIpc) is 2.84. The van der Waals surface area contributed by atoms with Gasteiger partial charge in [-0.25, -0.2) is 0 Å². The van der Waals surface area contributed by atoms with Gasteiger partial charge in [-0.2, -0.15) is 4.98 Å². The maximum absolute atomic E-state index is 5.44. The van der Waals surface area contributed by atoms with Gasteiger partial charge in [0.1, 0.15) is 0 Å². The van der Waals surface area contributed by atoms with E-state index in [9.17, 15) is 0 Å². The summed E-state index contributed by atoms with van der Waals surface area (Å²) in [6.07, 6.45) is 6.92. The van der Waals surface area contributed by atoms with Crippen molar-refractivity contribution in [2.45, 2.75) is 71.3 Å². The highest BCUT2D eigenvalue weighted by atomic mass is 16.5. The van der Waals surface area contributed by atoms with E-state index in [1.54, 1.807) is 0 Å². The molecule has 2 rings (SSSR count). The smallest absolute Gasteiger partial charge is 0.229 e. The van der Waals surface area contributed by atoms with Gasteiger partial charge in [0.2, 0.25) is 5.89 Å². The molecule has 0 radical (unpaired) electrons. The second-order valence-corrected chi connectivity index (χ2v) is 6.15. The fraction of sp³-hybridized carbons (Fsp3) is 0.867. The van der Waals surface area contributed by atoms with E-state index in [0.717, 1.165) is 24.7 Å². The summed E-state index contributed by atoms with van der Waals surface area (Å²) < 4.78 is 5.44. The second-order valence-electron chi connectivity index (χ2n) is 6.15. The third kappa shape index (κ3) is 4.30. The molecule has 1 aliphatic carbocycles. The lowest BCUT2D eigenvalue weighted by Gasteiger charge is -2.27. The molecule has 0 bridgehead atoms. The van der Waals surface area contributed by atoms with E-state index in [4.69, 9.17) is 4.52 Å². The summed E-state index contributed by atoms with van der Waals surface area (Å²) >= 11 is 0. The van der Waals surface area contributed by atoms with Crippen LogP contribution < -0.4 is 5.32 Å². The van der Waals surface area contributed by atoms with E-state index in [1.165, 1.54) is 32.1 Å². The van der Waals surface area contributed by atoms with Crippen molar-refractivity contribution in [1.82, 2.24) is 15.5 Å². The molecule has 19 heavy (non-hydrogen) atoms. The predicted octanol–water partition coefficient (Wildman–Crippen LogP) is 3.29. The van der Waals surface area contributed by atoms with Crippen LogP contribution in [0.4, 0.5) is 0 Å². The Bertz CT molecular complexity index is 367. The van der Waals surface area contributed by atoms with Gasteiger partial charge in [0.15, 0.2) is 5.82 Å². The van der Waals surface area contributed by atoms with E-state index < -0.39 is 0 Å². The summed E-state index contributed by atoms with van der Waals surface area (Å²) in [5.74, 6) is 2.80. The molecule has 108 valence electrons. The first-order chi connectivity index (χ1) is 9.19. The lowest BCUT2D eigenvalue weighted by atomic mass is 9.86. The van der Waals surface area contributed by atoms with Gasteiger partial charge in [-0.15, -0.1) is 0 Å². The van der Waals surface area contributed by atoms with Crippen LogP contribution in [0, 0.1) is 5.92 Å². The monoisotopic (exact) mass is 265 g/mol. The Labute approximate surface area is 116 Å². The van der Waals surface area contributed by atoms with Crippen molar-refractivity contribution in [3.05, 3.63) is 11.7 Å². The molecule has 1 fully saturated rings. The van der Waals surface area contributed by atoms with Crippen LogP contribution in [-0.2, 0) is 6.42 Å². The molecule has 0 spiro atoms. The lowest BCUT2D eigenvalue weighted by molar-refractivity contribution is 0.282. The van der Waals surface area contributed by atoms with Gasteiger partial charge >= 0.3 is 0 Å². The molecule has 0 amide bonds. The summed E-state index contributed by atoms with van der Waals surface area (Å²) in [6.45, 7) is 7.71. The SMILES string of the molecule is CCCNC1CCC(c2nc(CC(C)C)no2)CC1. The minimum absolute atomic E-state index is 0.480. The zero-order chi connectivity index (χ0) is 13.7. The fourth-order valence-electron chi connectivity index (χ4n) is 2.77. The summed E-state index contributed by atoms with van der Waals surface area (Å²) in [5.41, 5.74) is 0. The minimum atomic E-state index is 0.480. The molecule has 0 aliphatic heterocycles. The van der Waals surface area contributed by atoms with E-state index >= 15 is 0 Å². The third-order valence-electron chi connectivity index (χ3n) is 3.83. The average molecular weight is 265 g/mol. The Hall–Kier alpha value is -0.900. The van der Waals surface area contributed by atoms with Gasteiger partial charge in [-0.1, -0.05) is 25.9 Å². The molecule has 0 aromatic carbocycles. The van der Waals surface area contributed by atoms with Crippen LogP contribution in [0.1, 0.15) is 70.5 Å². The Morgan fingerprint density at radius 1 is 1.26 bits per heavy atom. The maximum atomic E-state index is 5.44. The van der Waals surface area contributed by atoms with E-state index in [2.05, 4.69) is 36.2 Å². The van der Waals surface area contributed by atoms with Crippen molar-refractivity contribution < 1.29 is 4.52 Å². The van der Waals surface area contributed by atoms with Crippen molar-refractivity contribution in [2.24, 2.45) is 5.92 Å². The van der Waals surface area contributed by atoms with Gasteiger partial charge in [0.05, 0.1) is 0 Å². The highest BCUT2D eigenvalue weighted by Crippen LogP contribution is 2.32. The van der Waals surface area contributed by atoms with Crippen LogP contribution in [0.3, 0.4) is 0 Å². The fourth-order valence-corrected chi connectivity index (χ4v) is 2.77. The Morgan fingerprint density at radius 2 is 2.00 bits per heavy atom. The highest BCUT2D eigenvalue weighted by molar-refractivity contribution is 4.97. The lowest BCUT2D eigenvalue weighted by Crippen LogP contribution is -2.33. The van der Waals surface area contributed by atoms with Crippen molar-refractivity contribution in [3.63, 3.8) is 0 Å². The van der Waals surface area contributed by atoms with Crippen LogP contribution in [0.25, 0.3) is 0 Å². The molecule has 0 saturated heterocycles. The third-order valence-corrected chi connectivity index (χ3v) is 3.83. The van der Waals surface area contributed by atoms with E-state index in [0.29, 0.717) is 17.9 Å². The standard InChI is InChI=1S/C15H27N3O/c1-4-9-16-13-7-5-12(6-8-13)15-17-14(18-19-15)10-11(2)3/h11-13,16H,4-10H2,1-3H3. The topological polar surface area (TPSA) is 51.0 Å². The van der Waals surface area contributed by atoms with Gasteiger partial charge in [0.25, 0.3) is 0 Å². The Kier molecular flexibility index (Phi) is 5.37. The normalized spacial score (nSPS) is 24.0. The van der Waals surface area contributed by atoms with Crippen LogP contribution in [-0.4, -0.2) is 22.7 Å². The molecule has 1 aliphatic rings. The van der Waals surface area contributed by atoms with Gasteiger partial charge in [-0.05, 0) is 44.6 Å². The first-order valence-corrected chi connectivity index (χ1v) is 7.75. The predicted molar refractivity (Wildman–Crippen MR) is 76.1 cm³/mol. The minimum Gasteiger partial charge on any atom is -0.339 e. The Morgan fingerprint density at radius 3 is 2.63 bits per heavy atom. The summed E-state index contributed by atoms with van der Waals surface area (Å²) in [4.78, 5) is 4.56. The molecule has 4 heteroatoms. The van der Waals surface area contributed by atoms with Gasteiger partial charge < -0.3 is 9.84 Å². The number of hydrogen-bond acceptors (Lipinski definition) is 4. The largest absolute Gasteiger partial charge is 0.339 e. The first kappa shape index (κ1) is 14.5. The molecule has 0 atom stereocenters. The molecule has 1 heterocycles. The summed E-state index contributed by atoms with van der Waals surface area (Å²) in [7, 11) is 0. The van der Waals surface area contributed by atoms with Gasteiger partial charge in [-0.3, -0.25) is 0 Å². The van der Waals surface area contributed by atoms with Crippen molar-refractivity contribution in [2.75, 3.05) is 6.54 Å². The highest BCUT2D eigenvalue weighted by Gasteiger charge is 2.26. The van der Waals surface area contributed by atoms with Crippen LogP contribution in [0.5, 0.6) is 0 Å². The quantitative estimate of drug-likeness (QED) is 0.857. The van der Waals surface area contributed by atoms with Crippen molar-refractivity contribution in [1.29, 1.82) is 0 Å². The number of aromatic nitrogens is 2. The number of nitrogens with one attached hydrogen (secondary N) is 1. The molecular formula is C15H27N3O. The maximum Gasteiger partial charge on any atom is 0.229 e. The molecule has 1 aromatic rings. The molecular weight excluding hydrogens is 238 g/mol. The number of rotatable bonds is 6. The molecule has 0 unspecified atom stereocenters. The molecule has 1 aromatic heterocycles. The van der Waals surface area contributed by atoms with Gasteiger partial charge in [0, 0.05) is 18.4 Å².